The van der Waals surface area contributed by atoms with E-state index in [1.54, 1.807) is 0 Å². The topological polar surface area (TPSA) is 71.1 Å². The summed E-state index contributed by atoms with van der Waals surface area (Å²) in [4.78, 5) is 22.8. The molecular formula is C19H36O6. The van der Waals surface area contributed by atoms with Crippen molar-refractivity contribution in [2.24, 2.45) is 5.92 Å². The third kappa shape index (κ3) is 16.4. The Kier molecular flexibility index (Phi) is 17.4. The molecule has 0 heterocycles. The zero-order valence-corrected chi connectivity index (χ0v) is 16.2. The van der Waals surface area contributed by atoms with Crippen molar-refractivity contribution in [2.75, 3.05) is 52.9 Å². The van der Waals surface area contributed by atoms with Gasteiger partial charge in [-0.25, -0.2) is 0 Å². The second-order valence-electron chi connectivity index (χ2n) is 6.00. The summed E-state index contributed by atoms with van der Waals surface area (Å²) < 4.78 is 21.4. The number of Topliss-reactive ketones (excluding diaryl/α,β-unsaturated/α-hetero) is 2. The van der Waals surface area contributed by atoms with Gasteiger partial charge in [-0.15, -0.1) is 0 Å². The molecule has 0 radical (unpaired) electrons. The van der Waals surface area contributed by atoms with Crippen molar-refractivity contribution in [1.29, 1.82) is 0 Å². The van der Waals surface area contributed by atoms with Gasteiger partial charge in [-0.05, 0) is 6.42 Å². The molecular weight excluding hydrogens is 324 g/mol. The first-order valence-electron chi connectivity index (χ1n) is 9.47. The van der Waals surface area contributed by atoms with Crippen LogP contribution in [0.5, 0.6) is 0 Å². The van der Waals surface area contributed by atoms with Crippen LogP contribution >= 0.6 is 0 Å². The highest BCUT2D eigenvalue weighted by Crippen LogP contribution is 2.08. The van der Waals surface area contributed by atoms with Gasteiger partial charge in [-0.2, -0.15) is 0 Å². The summed E-state index contributed by atoms with van der Waals surface area (Å²) in [5.74, 6) is 0.631. The summed E-state index contributed by atoms with van der Waals surface area (Å²) in [6, 6.07) is 0. The summed E-state index contributed by atoms with van der Waals surface area (Å²) in [6.07, 6.45) is 3.50. The fraction of sp³-hybridized carbons (Fsp3) is 0.895. The van der Waals surface area contributed by atoms with Gasteiger partial charge in [0, 0.05) is 25.2 Å². The zero-order chi connectivity index (χ0) is 18.8. The lowest BCUT2D eigenvalue weighted by molar-refractivity contribution is -0.124. The van der Waals surface area contributed by atoms with Gasteiger partial charge in [-0.1, -0.05) is 27.2 Å². The van der Waals surface area contributed by atoms with E-state index >= 15 is 0 Å². The summed E-state index contributed by atoms with van der Waals surface area (Å²) >= 11 is 0. The van der Waals surface area contributed by atoms with Crippen molar-refractivity contribution in [2.45, 2.75) is 52.9 Å². The molecule has 0 bridgehead atoms. The van der Waals surface area contributed by atoms with E-state index in [4.69, 9.17) is 18.9 Å². The largest absolute Gasteiger partial charge is 0.379 e. The van der Waals surface area contributed by atoms with Crippen LogP contribution in [0.15, 0.2) is 0 Å². The molecule has 0 spiro atoms. The van der Waals surface area contributed by atoms with Gasteiger partial charge in [-0.3, -0.25) is 9.59 Å². The molecule has 0 aromatic rings. The van der Waals surface area contributed by atoms with Crippen LogP contribution < -0.4 is 0 Å². The molecule has 0 fully saturated rings. The van der Waals surface area contributed by atoms with Crippen LogP contribution in [0.2, 0.25) is 0 Å². The van der Waals surface area contributed by atoms with Crippen LogP contribution in [-0.2, 0) is 28.5 Å². The van der Waals surface area contributed by atoms with E-state index in [9.17, 15) is 9.59 Å². The Morgan fingerprint density at radius 3 is 1.60 bits per heavy atom. The van der Waals surface area contributed by atoms with Gasteiger partial charge in [0.05, 0.1) is 52.9 Å². The van der Waals surface area contributed by atoms with Gasteiger partial charge in [0.15, 0.2) is 0 Å². The number of carbonyl (C=O) groups is 2. The number of ketones is 2. The molecule has 0 aliphatic carbocycles. The van der Waals surface area contributed by atoms with E-state index in [1.807, 2.05) is 13.8 Å². The lowest BCUT2D eigenvalue weighted by Gasteiger charge is -2.09. The minimum atomic E-state index is 0.137. The van der Waals surface area contributed by atoms with Crippen LogP contribution in [0.4, 0.5) is 0 Å². The molecule has 0 saturated heterocycles. The summed E-state index contributed by atoms with van der Waals surface area (Å²) in [5.41, 5.74) is 0. The number of rotatable bonds is 19. The van der Waals surface area contributed by atoms with Gasteiger partial charge < -0.3 is 18.9 Å². The molecule has 25 heavy (non-hydrogen) atoms. The van der Waals surface area contributed by atoms with E-state index in [1.165, 1.54) is 0 Å². The molecule has 148 valence electrons. The van der Waals surface area contributed by atoms with E-state index in [-0.39, 0.29) is 17.5 Å². The maximum absolute atomic E-state index is 11.7. The van der Waals surface area contributed by atoms with Crippen LogP contribution in [0.3, 0.4) is 0 Å². The molecule has 6 nitrogen and oxygen atoms in total. The number of carbonyl (C=O) groups excluding carboxylic acids is 2. The predicted molar refractivity (Wildman–Crippen MR) is 96.9 cm³/mol. The van der Waals surface area contributed by atoms with Crippen LogP contribution in [0.1, 0.15) is 52.9 Å². The Hall–Kier alpha value is -0.820. The van der Waals surface area contributed by atoms with Crippen molar-refractivity contribution in [1.82, 2.24) is 0 Å². The first-order chi connectivity index (χ1) is 12.1. The predicted octanol–water partition coefficient (Wildman–Crippen LogP) is 2.82. The molecule has 0 saturated carbocycles. The van der Waals surface area contributed by atoms with Crippen LogP contribution in [0.25, 0.3) is 0 Å². The van der Waals surface area contributed by atoms with Crippen LogP contribution in [0, 0.1) is 5.92 Å². The average Bonchev–Trinajstić information content (AvgIpc) is 2.61. The molecule has 0 N–H and O–H groups in total. The SMILES string of the molecule is CCCC(C)C(=O)CCOCCOCCOCCOCCC(=O)CC. The number of hydrogen-bond acceptors (Lipinski definition) is 6. The molecule has 0 aromatic heterocycles. The van der Waals surface area contributed by atoms with Crippen molar-refractivity contribution >= 4 is 11.6 Å². The zero-order valence-electron chi connectivity index (χ0n) is 16.2. The maximum atomic E-state index is 11.7. The van der Waals surface area contributed by atoms with Crippen molar-refractivity contribution in [3.63, 3.8) is 0 Å². The second kappa shape index (κ2) is 18.0. The van der Waals surface area contributed by atoms with Crippen LogP contribution in [-0.4, -0.2) is 64.4 Å². The third-order valence-electron chi connectivity index (χ3n) is 3.80. The molecule has 0 aliphatic rings. The molecule has 6 heteroatoms. The fourth-order valence-corrected chi connectivity index (χ4v) is 2.14. The average molecular weight is 360 g/mol. The highest BCUT2D eigenvalue weighted by molar-refractivity contribution is 5.80. The van der Waals surface area contributed by atoms with E-state index < -0.39 is 0 Å². The summed E-state index contributed by atoms with van der Waals surface area (Å²) in [6.45, 7) is 9.83. The van der Waals surface area contributed by atoms with Crippen molar-refractivity contribution in [3.8, 4) is 0 Å². The highest BCUT2D eigenvalue weighted by Gasteiger charge is 2.10. The van der Waals surface area contributed by atoms with Crippen molar-refractivity contribution < 1.29 is 28.5 Å². The summed E-state index contributed by atoms with van der Waals surface area (Å²) in [5, 5.41) is 0. The second-order valence-corrected chi connectivity index (χ2v) is 6.00. The Labute approximate surface area is 152 Å². The van der Waals surface area contributed by atoms with Gasteiger partial charge >= 0.3 is 0 Å². The molecule has 0 aromatic carbocycles. The normalized spacial score (nSPS) is 12.3. The first kappa shape index (κ1) is 24.2. The monoisotopic (exact) mass is 360 g/mol. The molecule has 0 amide bonds. The Morgan fingerprint density at radius 2 is 1.16 bits per heavy atom. The Morgan fingerprint density at radius 1 is 0.720 bits per heavy atom. The quantitative estimate of drug-likeness (QED) is 0.330. The summed E-state index contributed by atoms with van der Waals surface area (Å²) in [7, 11) is 0. The maximum Gasteiger partial charge on any atom is 0.137 e. The standard InChI is InChI=1S/C19H36O6/c1-4-6-17(3)19(21)8-10-23-12-14-25-16-15-24-13-11-22-9-7-18(20)5-2/h17H,4-16H2,1-3H3. The van der Waals surface area contributed by atoms with Gasteiger partial charge in [0.1, 0.15) is 11.6 Å². The van der Waals surface area contributed by atoms with E-state index in [0.717, 1.165) is 12.8 Å². The van der Waals surface area contributed by atoms with Crippen molar-refractivity contribution in [3.05, 3.63) is 0 Å². The Balaban J connectivity index is 3.19. The molecule has 0 aliphatic heterocycles. The Bertz CT molecular complexity index is 332. The lowest BCUT2D eigenvalue weighted by Crippen LogP contribution is -2.15. The molecule has 0 rings (SSSR count). The minimum Gasteiger partial charge on any atom is -0.379 e. The lowest BCUT2D eigenvalue weighted by atomic mass is 9.99. The van der Waals surface area contributed by atoms with Gasteiger partial charge in [0.25, 0.3) is 0 Å². The smallest absolute Gasteiger partial charge is 0.137 e. The number of ether oxygens (including phenoxy) is 4. The van der Waals surface area contributed by atoms with Gasteiger partial charge in [0.2, 0.25) is 0 Å². The third-order valence-corrected chi connectivity index (χ3v) is 3.80. The minimum absolute atomic E-state index is 0.137. The van der Waals surface area contributed by atoms with E-state index in [2.05, 4.69) is 6.92 Å². The van der Waals surface area contributed by atoms with E-state index in [0.29, 0.717) is 72.1 Å². The molecule has 1 atom stereocenters. The molecule has 1 unspecified atom stereocenters. The fourth-order valence-electron chi connectivity index (χ4n) is 2.14. The number of hydrogen-bond donors (Lipinski definition) is 0. The highest BCUT2D eigenvalue weighted by atomic mass is 16.6. The first-order valence-corrected chi connectivity index (χ1v) is 9.47.